The van der Waals surface area contributed by atoms with Crippen molar-refractivity contribution in [2.45, 2.75) is 24.7 Å². The van der Waals surface area contributed by atoms with Crippen LogP contribution in [0.3, 0.4) is 0 Å². The number of rotatable bonds is 7. The van der Waals surface area contributed by atoms with Crippen LogP contribution < -0.4 is 10.6 Å². The molecule has 0 saturated heterocycles. The second-order valence-electron chi connectivity index (χ2n) is 5.28. The van der Waals surface area contributed by atoms with Gasteiger partial charge in [0.1, 0.15) is 0 Å². The number of nitrogens with one attached hydrogen (secondary N) is 2. The van der Waals surface area contributed by atoms with Crippen LogP contribution >= 0.6 is 35.0 Å². The van der Waals surface area contributed by atoms with Crippen molar-refractivity contribution in [3.05, 3.63) is 52.5 Å². The second-order valence-corrected chi connectivity index (χ2v) is 7.18. The lowest BCUT2D eigenvalue weighted by atomic mass is 10.2. The average Bonchev–Trinajstić information content (AvgIpc) is 2.57. The van der Waals surface area contributed by atoms with E-state index in [1.54, 1.807) is 30.3 Å². The average molecular weight is 397 g/mol. The summed E-state index contributed by atoms with van der Waals surface area (Å²) >= 11 is 13.4. The van der Waals surface area contributed by atoms with Crippen molar-refractivity contribution in [3.63, 3.8) is 0 Å². The Balaban J connectivity index is 1.94. The standard InChI is InChI=1S/C18H18Cl2N2O2S/c1-2-3-17(23)21-13-6-9-15(20)16(10-13)22-18(24)11-25-14-7-4-12(19)5-8-14/h4-10H,2-3,11H2,1H3,(H,21,23)(H,22,24). The van der Waals surface area contributed by atoms with Crippen LogP contribution in [0.15, 0.2) is 47.4 Å². The minimum absolute atomic E-state index is 0.0691. The van der Waals surface area contributed by atoms with Crippen molar-refractivity contribution in [2.24, 2.45) is 0 Å². The molecule has 0 aliphatic rings. The van der Waals surface area contributed by atoms with E-state index in [9.17, 15) is 9.59 Å². The molecule has 0 fully saturated rings. The van der Waals surface area contributed by atoms with Gasteiger partial charge in [-0.15, -0.1) is 11.8 Å². The van der Waals surface area contributed by atoms with E-state index in [2.05, 4.69) is 10.6 Å². The Labute approximate surface area is 161 Å². The Kier molecular flexibility index (Phi) is 7.62. The summed E-state index contributed by atoms with van der Waals surface area (Å²) in [6.07, 6.45) is 1.22. The maximum absolute atomic E-state index is 12.1. The van der Waals surface area contributed by atoms with Gasteiger partial charge >= 0.3 is 0 Å². The van der Waals surface area contributed by atoms with E-state index in [1.807, 2.05) is 19.1 Å². The van der Waals surface area contributed by atoms with Gasteiger partial charge in [-0.1, -0.05) is 30.1 Å². The number of hydrogen-bond acceptors (Lipinski definition) is 3. The molecule has 0 heterocycles. The Morgan fingerprint density at radius 1 is 1.00 bits per heavy atom. The first-order valence-electron chi connectivity index (χ1n) is 7.75. The van der Waals surface area contributed by atoms with E-state index in [0.29, 0.717) is 27.8 Å². The van der Waals surface area contributed by atoms with Gasteiger partial charge in [-0.2, -0.15) is 0 Å². The molecule has 2 aromatic rings. The Bertz CT molecular complexity index is 751. The first-order chi connectivity index (χ1) is 12.0. The summed E-state index contributed by atoms with van der Waals surface area (Å²) in [6, 6.07) is 12.3. The highest BCUT2D eigenvalue weighted by Gasteiger charge is 2.09. The largest absolute Gasteiger partial charge is 0.326 e. The monoisotopic (exact) mass is 396 g/mol. The van der Waals surface area contributed by atoms with Crippen LogP contribution in [0.2, 0.25) is 10.0 Å². The van der Waals surface area contributed by atoms with Gasteiger partial charge in [0.15, 0.2) is 0 Å². The Morgan fingerprint density at radius 3 is 2.40 bits per heavy atom. The molecule has 2 N–H and O–H groups in total. The number of benzene rings is 2. The highest BCUT2D eigenvalue weighted by atomic mass is 35.5. The van der Waals surface area contributed by atoms with E-state index >= 15 is 0 Å². The summed E-state index contributed by atoms with van der Waals surface area (Å²) in [7, 11) is 0. The first kappa shape index (κ1) is 19.6. The maximum atomic E-state index is 12.1. The molecule has 0 bridgehead atoms. The molecule has 25 heavy (non-hydrogen) atoms. The summed E-state index contributed by atoms with van der Waals surface area (Å²) in [5, 5.41) is 6.62. The molecule has 0 radical (unpaired) electrons. The molecule has 2 rings (SSSR count). The van der Waals surface area contributed by atoms with E-state index in [-0.39, 0.29) is 17.6 Å². The summed E-state index contributed by atoms with van der Waals surface area (Å²) < 4.78 is 0. The van der Waals surface area contributed by atoms with Crippen LogP contribution in [0.4, 0.5) is 11.4 Å². The minimum atomic E-state index is -0.182. The number of amides is 2. The van der Waals surface area contributed by atoms with Crippen LogP contribution in [0.25, 0.3) is 0 Å². The van der Waals surface area contributed by atoms with Crippen LogP contribution in [0.1, 0.15) is 19.8 Å². The zero-order chi connectivity index (χ0) is 18.2. The van der Waals surface area contributed by atoms with Crippen molar-refractivity contribution in [3.8, 4) is 0 Å². The predicted octanol–water partition coefficient (Wildman–Crippen LogP) is 5.46. The summed E-state index contributed by atoms with van der Waals surface area (Å²) in [4.78, 5) is 24.8. The normalized spacial score (nSPS) is 10.4. The van der Waals surface area contributed by atoms with Crippen molar-refractivity contribution in [1.29, 1.82) is 0 Å². The molecule has 2 amide bonds. The third-order valence-electron chi connectivity index (χ3n) is 3.18. The number of hydrogen-bond donors (Lipinski definition) is 2. The SMILES string of the molecule is CCCC(=O)Nc1ccc(Cl)c(NC(=O)CSc2ccc(Cl)cc2)c1. The Morgan fingerprint density at radius 2 is 1.72 bits per heavy atom. The van der Waals surface area contributed by atoms with Crippen molar-refractivity contribution in [1.82, 2.24) is 0 Å². The highest BCUT2D eigenvalue weighted by molar-refractivity contribution is 8.00. The molecule has 132 valence electrons. The van der Waals surface area contributed by atoms with Crippen molar-refractivity contribution in [2.75, 3.05) is 16.4 Å². The van der Waals surface area contributed by atoms with Gasteiger partial charge in [-0.25, -0.2) is 0 Å². The molecule has 0 unspecified atom stereocenters. The fraction of sp³-hybridized carbons (Fsp3) is 0.222. The molecule has 4 nitrogen and oxygen atoms in total. The molecular formula is C18H18Cl2N2O2S. The smallest absolute Gasteiger partial charge is 0.234 e. The maximum Gasteiger partial charge on any atom is 0.234 e. The summed E-state index contributed by atoms with van der Waals surface area (Å²) in [5.74, 6) is -0.0102. The molecule has 0 saturated carbocycles. The van der Waals surface area contributed by atoms with Crippen molar-refractivity contribution < 1.29 is 9.59 Å². The number of carbonyl (C=O) groups is 2. The molecule has 0 aromatic heterocycles. The lowest BCUT2D eigenvalue weighted by molar-refractivity contribution is -0.116. The topological polar surface area (TPSA) is 58.2 Å². The fourth-order valence-electron chi connectivity index (χ4n) is 2.02. The van der Waals surface area contributed by atoms with Gasteiger partial charge in [-0.05, 0) is 48.9 Å². The number of anilines is 2. The van der Waals surface area contributed by atoms with Gasteiger partial charge in [0.05, 0.1) is 16.5 Å². The molecule has 7 heteroatoms. The number of thioether (sulfide) groups is 1. The third kappa shape index (κ3) is 6.61. The molecular weight excluding hydrogens is 379 g/mol. The lowest BCUT2D eigenvalue weighted by Gasteiger charge is -2.10. The quantitative estimate of drug-likeness (QED) is 0.610. The molecule has 2 aromatic carbocycles. The lowest BCUT2D eigenvalue weighted by Crippen LogP contribution is -2.15. The number of halogens is 2. The van der Waals surface area contributed by atoms with E-state index in [1.165, 1.54) is 11.8 Å². The first-order valence-corrected chi connectivity index (χ1v) is 9.49. The van der Waals surface area contributed by atoms with Crippen LogP contribution in [-0.2, 0) is 9.59 Å². The highest BCUT2D eigenvalue weighted by Crippen LogP contribution is 2.26. The molecule has 0 aliphatic carbocycles. The Hall–Kier alpha value is -1.69. The van der Waals surface area contributed by atoms with Gasteiger partial charge in [-0.3, -0.25) is 9.59 Å². The second kappa shape index (κ2) is 9.70. The predicted molar refractivity (Wildman–Crippen MR) is 106 cm³/mol. The molecule has 0 atom stereocenters. The van der Waals surface area contributed by atoms with E-state index in [0.717, 1.165) is 11.3 Å². The number of carbonyl (C=O) groups excluding carboxylic acids is 2. The third-order valence-corrected chi connectivity index (χ3v) is 4.78. The van der Waals surface area contributed by atoms with Crippen LogP contribution in [0, 0.1) is 0 Å². The van der Waals surface area contributed by atoms with Gasteiger partial charge in [0.25, 0.3) is 0 Å². The molecule has 0 aliphatic heterocycles. The fourth-order valence-corrected chi connectivity index (χ4v) is 3.00. The van der Waals surface area contributed by atoms with Crippen LogP contribution in [-0.4, -0.2) is 17.6 Å². The zero-order valence-corrected chi connectivity index (χ0v) is 16.0. The minimum Gasteiger partial charge on any atom is -0.326 e. The van der Waals surface area contributed by atoms with Gasteiger partial charge in [0, 0.05) is 22.0 Å². The van der Waals surface area contributed by atoms with E-state index < -0.39 is 0 Å². The molecule has 0 spiro atoms. The van der Waals surface area contributed by atoms with E-state index in [4.69, 9.17) is 23.2 Å². The summed E-state index contributed by atoms with van der Waals surface area (Å²) in [6.45, 7) is 1.94. The summed E-state index contributed by atoms with van der Waals surface area (Å²) in [5.41, 5.74) is 1.07. The van der Waals surface area contributed by atoms with Gasteiger partial charge in [0.2, 0.25) is 11.8 Å². The van der Waals surface area contributed by atoms with Crippen LogP contribution in [0.5, 0.6) is 0 Å². The van der Waals surface area contributed by atoms with Crippen molar-refractivity contribution >= 4 is 58.2 Å². The zero-order valence-electron chi connectivity index (χ0n) is 13.6. The van der Waals surface area contributed by atoms with Gasteiger partial charge < -0.3 is 10.6 Å².